The highest BCUT2D eigenvalue weighted by molar-refractivity contribution is 5.96. The van der Waals surface area contributed by atoms with Gasteiger partial charge in [-0.05, 0) is 44.0 Å². The molecule has 0 heterocycles. The minimum atomic E-state index is -0.336. The first kappa shape index (κ1) is 16.9. The molecule has 0 aliphatic heterocycles. The van der Waals surface area contributed by atoms with E-state index in [1.54, 1.807) is 24.0 Å². The number of amides is 2. The molecule has 0 atom stereocenters. The maximum atomic E-state index is 12.8. The number of benzene rings is 1. The summed E-state index contributed by atoms with van der Waals surface area (Å²) in [4.78, 5) is 25.2. The number of halogens is 1. The van der Waals surface area contributed by atoms with Crippen LogP contribution in [0.2, 0.25) is 0 Å². The smallest absolute Gasteiger partial charge is 0.244 e. The highest BCUT2D eigenvalue weighted by Gasteiger charge is 2.10. The van der Waals surface area contributed by atoms with Gasteiger partial charge in [0.25, 0.3) is 0 Å². The van der Waals surface area contributed by atoms with Crippen LogP contribution in [0.3, 0.4) is 0 Å². The molecule has 0 aliphatic rings. The summed E-state index contributed by atoms with van der Waals surface area (Å²) in [5.74, 6) is -0.765. The number of hydrogen-bond acceptors (Lipinski definition) is 2. The lowest BCUT2D eigenvalue weighted by molar-refractivity contribution is -0.131. The summed E-state index contributed by atoms with van der Waals surface area (Å²) in [6.45, 7) is 6.77. The monoisotopic (exact) mass is 292 g/mol. The van der Waals surface area contributed by atoms with Crippen LogP contribution in [-0.4, -0.2) is 36.3 Å². The van der Waals surface area contributed by atoms with Crippen LogP contribution < -0.4 is 5.32 Å². The zero-order chi connectivity index (χ0) is 15.8. The Morgan fingerprint density at radius 1 is 1.19 bits per heavy atom. The van der Waals surface area contributed by atoms with Crippen molar-refractivity contribution in [3.8, 4) is 0 Å². The Bertz CT molecular complexity index is 520. The SMILES string of the molecule is CCN(CC)C(=O)CNC(=O)/C=C(/C)c1ccc(F)cc1. The van der Waals surface area contributed by atoms with Gasteiger partial charge in [-0.1, -0.05) is 12.1 Å². The average molecular weight is 292 g/mol. The Morgan fingerprint density at radius 3 is 2.29 bits per heavy atom. The molecule has 0 aliphatic carbocycles. The molecule has 0 fully saturated rings. The van der Waals surface area contributed by atoms with Crippen molar-refractivity contribution in [2.45, 2.75) is 20.8 Å². The molecule has 114 valence electrons. The third-order valence-electron chi connectivity index (χ3n) is 3.18. The van der Waals surface area contributed by atoms with E-state index in [0.29, 0.717) is 18.7 Å². The molecule has 0 radical (unpaired) electrons. The Morgan fingerprint density at radius 2 is 1.76 bits per heavy atom. The third kappa shape index (κ3) is 5.38. The van der Waals surface area contributed by atoms with E-state index in [9.17, 15) is 14.0 Å². The lowest BCUT2D eigenvalue weighted by Crippen LogP contribution is -2.39. The summed E-state index contributed by atoms with van der Waals surface area (Å²) in [5, 5.41) is 2.56. The molecule has 0 aromatic heterocycles. The Kier molecular flexibility index (Phi) is 6.59. The number of nitrogens with zero attached hydrogens (tertiary/aromatic N) is 1. The fourth-order valence-electron chi connectivity index (χ4n) is 1.89. The van der Waals surface area contributed by atoms with Gasteiger partial charge in [0.1, 0.15) is 5.82 Å². The molecule has 1 N–H and O–H groups in total. The predicted octanol–water partition coefficient (Wildman–Crippen LogP) is 2.21. The zero-order valence-corrected chi connectivity index (χ0v) is 12.6. The molecule has 0 bridgehead atoms. The molecule has 4 nitrogen and oxygen atoms in total. The lowest BCUT2D eigenvalue weighted by Gasteiger charge is -2.18. The minimum Gasteiger partial charge on any atom is -0.343 e. The van der Waals surface area contributed by atoms with Crippen LogP contribution in [0, 0.1) is 5.82 Å². The molecule has 0 spiro atoms. The molecule has 1 aromatic rings. The molecule has 0 saturated carbocycles. The molecule has 1 aromatic carbocycles. The minimum absolute atomic E-state index is 0.0201. The van der Waals surface area contributed by atoms with Crippen molar-refractivity contribution in [2.24, 2.45) is 0 Å². The van der Waals surface area contributed by atoms with Crippen molar-refractivity contribution >= 4 is 17.4 Å². The first-order valence-corrected chi connectivity index (χ1v) is 6.97. The van der Waals surface area contributed by atoms with E-state index in [4.69, 9.17) is 0 Å². The van der Waals surface area contributed by atoms with Crippen LogP contribution in [0.5, 0.6) is 0 Å². The van der Waals surface area contributed by atoms with Crippen molar-refractivity contribution in [1.82, 2.24) is 10.2 Å². The van der Waals surface area contributed by atoms with Gasteiger partial charge in [0.05, 0.1) is 6.54 Å². The normalized spacial score (nSPS) is 11.1. The van der Waals surface area contributed by atoms with Gasteiger partial charge in [-0.15, -0.1) is 0 Å². The van der Waals surface area contributed by atoms with Crippen LogP contribution in [0.15, 0.2) is 30.3 Å². The van der Waals surface area contributed by atoms with Crippen molar-refractivity contribution in [1.29, 1.82) is 0 Å². The van der Waals surface area contributed by atoms with E-state index in [-0.39, 0.29) is 24.2 Å². The quantitative estimate of drug-likeness (QED) is 0.817. The Balaban J connectivity index is 2.58. The second kappa shape index (κ2) is 8.19. The fourth-order valence-corrected chi connectivity index (χ4v) is 1.89. The number of likely N-dealkylation sites (N-methyl/N-ethyl adjacent to an activating group) is 1. The van der Waals surface area contributed by atoms with Crippen molar-refractivity contribution in [2.75, 3.05) is 19.6 Å². The number of carbonyl (C=O) groups is 2. The van der Waals surface area contributed by atoms with E-state index in [0.717, 1.165) is 5.56 Å². The summed E-state index contributed by atoms with van der Waals surface area (Å²) in [7, 11) is 0. The van der Waals surface area contributed by atoms with Gasteiger partial charge in [0.15, 0.2) is 0 Å². The number of nitrogens with one attached hydrogen (secondary N) is 1. The standard InChI is InChI=1S/C16H21FN2O2/c1-4-19(5-2)16(21)11-18-15(20)10-12(3)13-6-8-14(17)9-7-13/h6-10H,4-5,11H2,1-3H3,(H,18,20)/b12-10-. The third-order valence-corrected chi connectivity index (χ3v) is 3.18. The van der Waals surface area contributed by atoms with Crippen LogP contribution in [0.25, 0.3) is 5.57 Å². The molecule has 0 unspecified atom stereocenters. The maximum absolute atomic E-state index is 12.8. The molecule has 21 heavy (non-hydrogen) atoms. The Hall–Kier alpha value is -2.17. The van der Waals surface area contributed by atoms with E-state index >= 15 is 0 Å². The van der Waals surface area contributed by atoms with E-state index in [1.165, 1.54) is 18.2 Å². The summed E-state index contributed by atoms with van der Waals surface area (Å²) in [6.07, 6.45) is 1.41. The van der Waals surface area contributed by atoms with Crippen LogP contribution in [0.1, 0.15) is 26.3 Å². The second-order valence-electron chi connectivity index (χ2n) is 4.62. The summed E-state index contributed by atoms with van der Waals surface area (Å²) < 4.78 is 12.8. The number of hydrogen-bond donors (Lipinski definition) is 1. The summed E-state index contributed by atoms with van der Waals surface area (Å²) in [5.41, 5.74) is 1.48. The molecule has 5 heteroatoms. The Labute approximate surface area is 124 Å². The number of carbonyl (C=O) groups excluding carboxylic acids is 2. The average Bonchev–Trinajstić information content (AvgIpc) is 2.47. The van der Waals surface area contributed by atoms with E-state index in [2.05, 4.69) is 5.32 Å². The van der Waals surface area contributed by atoms with Gasteiger partial charge >= 0.3 is 0 Å². The van der Waals surface area contributed by atoms with Crippen molar-refractivity contribution in [3.05, 3.63) is 41.7 Å². The molecule has 2 amide bonds. The van der Waals surface area contributed by atoms with Crippen LogP contribution in [0.4, 0.5) is 4.39 Å². The summed E-state index contributed by atoms with van der Waals surface area (Å²) >= 11 is 0. The van der Waals surface area contributed by atoms with Gasteiger partial charge in [0, 0.05) is 19.2 Å². The molecule has 1 rings (SSSR count). The highest BCUT2D eigenvalue weighted by Crippen LogP contribution is 2.13. The lowest BCUT2D eigenvalue weighted by atomic mass is 10.1. The predicted molar refractivity (Wildman–Crippen MR) is 81.0 cm³/mol. The second-order valence-corrected chi connectivity index (χ2v) is 4.62. The van der Waals surface area contributed by atoms with Crippen LogP contribution >= 0.6 is 0 Å². The first-order chi connectivity index (χ1) is 9.97. The van der Waals surface area contributed by atoms with Gasteiger partial charge in [-0.25, -0.2) is 4.39 Å². The van der Waals surface area contributed by atoms with E-state index in [1.807, 2.05) is 13.8 Å². The van der Waals surface area contributed by atoms with Gasteiger partial charge < -0.3 is 10.2 Å². The molecule has 0 saturated heterocycles. The highest BCUT2D eigenvalue weighted by atomic mass is 19.1. The number of allylic oxidation sites excluding steroid dienone is 1. The van der Waals surface area contributed by atoms with E-state index < -0.39 is 0 Å². The molecular formula is C16H21FN2O2. The summed E-state index contributed by atoms with van der Waals surface area (Å²) in [6, 6.07) is 5.90. The van der Waals surface area contributed by atoms with Crippen LogP contribution in [-0.2, 0) is 9.59 Å². The largest absolute Gasteiger partial charge is 0.343 e. The van der Waals surface area contributed by atoms with Crippen molar-refractivity contribution < 1.29 is 14.0 Å². The molecular weight excluding hydrogens is 271 g/mol. The van der Waals surface area contributed by atoms with Gasteiger partial charge in [-0.3, -0.25) is 9.59 Å². The fraction of sp³-hybridized carbons (Fsp3) is 0.375. The first-order valence-electron chi connectivity index (χ1n) is 6.97. The maximum Gasteiger partial charge on any atom is 0.244 e. The van der Waals surface area contributed by atoms with Gasteiger partial charge in [-0.2, -0.15) is 0 Å². The van der Waals surface area contributed by atoms with Crippen molar-refractivity contribution in [3.63, 3.8) is 0 Å². The van der Waals surface area contributed by atoms with Gasteiger partial charge in [0.2, 0.25) is 11.8 Å². The zero-order valence-electron chi connectivity index (χ0n) is 12.6. The topological polar surface area (TPSA) is 49.4 Å². The number of rotatable bonds is 6.